The van der Waals surface area contributed by atoms with Crippen molar-refractivity contribution < 1.29 is 24.2 Å². The maximum absolute atomic E-state index is 13.1. The van der Waals surface area contributed by atoms with Gasteiger partial charge in [0, 0.05) is 36.8 Å². The van der Waals surface area contributed by atoms with Crippen LogP contribution in [-0.4, -0.2) is 73.1 Å². The first-order valence-corrected chi connectivity index (χ1v) is 11.4. The number of morpholine rings is 1. The molecule has 0 unspecified atom stereocenters. The van der Waals surface area contributed by atoms with E-state index in [9.17, 15) is 14.7 Å². The summed E-state index contributed by atoms with van der Waals surface area (Å²) in [6, 6.07) is 13.1. The molecule has 2 heterocycles. The first-order chi connectivity index (χ1) is 16.0. The van der Waals surface area contributed by atoms with Gasteiger partial charge in [0.05, 0.1) is 31.9 Å². The highest BCUT2D eigenvalue weighted by molar-refractivity contribution is 6.46. The molecule has 1 amide bonds. The Balaban J connectivity index is 1.66. The average Bonchev–Trinajstić information content (AvgIpc) is 3.10. The second-order valence-electron chi connectivity index (χ2n) is 8.08. The van der Waals surface area contributed by atoms with Crippen molar-refractivity contribution >= 4 is 29.1 Å². The molecule has 0 radical (unpaired) electrons. The van der Waals surface area contributed by atoms with Crippen molar-refractivity contribution in [1.82, 2.24) is 9.80 Å². The number of likely N-dealkylation sites (tertiary alicyclic amines) is 1. The smallest absolute Gasteiger partial charge is 0.295 e. The van der Waals surface area contributed by atoms with E-state index >= 15 is 0 Å². The third kappa shape index (κ3) is 5.05. The summed E-state index contributed by atoms with van der Waals surface area (Å²) in [5, 5.41) is 11.6. The zero-order chi connectivity index (χ0) is 23.4. The molecule has 1 N–H and O–H groups in total. The van der Waals surface area contributed by atoms with Gasteiger partial charge in [-0.3, -0.25) is 14.5 Å². The van der Waals surface area contributed by atoms with Crippen LogP contribution in [0.2, 0.25) is 5.02 Å². The van der Waals surface area contributed by atoms with E-state index in [1.165, 1.54) is 0 Å². The first-order valence-electron chi connectivity index (χ1n) is 11.0. The van der Waals surface area contributed by atoms with Gasteiger partial charge < -0.3 is 19.5 Å². The van der Waals surface area contributed by atoms with Crippen LogP contribution in [0.5, 0.6) is 5.75 Å². The number of carbonyl (C=O) groups is 2. The Labute approximate surface area is 198 Å². The van der Waals surface area contributed by atoms with Crippen LogP contribution in [-0.2, 0) is 14.3 Å². The Morgan fingerprint density at radius 2 is 1.73 bits per heavy atom. The van der Waals surface area contributed by atoms with Gasteiger partial charge in [-0.15, -0.1) is 0 Å². The van der Waals surface area contributed by atoms with Crippen molar-refractivity contribution in [2.24, 2.45) is 0 Å². The maximum Gasteiger partial charge on any atom is 0.295 e. The lowest BCUT2D eigenvalue weighted by Gasteiger charge is -2.29. The number of hydrogen-bond donors (Lipinski definition) is 1. The molecular formula is C25H27ClN2O5. The number of aliphatic hydroxyl groups is 1. The number of hydrogen-bond acceptors (Lipinski definition) is 6. The number of carbonyl (C=O) groups excluding carboxylic acids is 2. The molecule has 0 aromatic heterocycles. The van der Waals surface area contributed by atoms with Gasteiger partial charge in [0.25, 0.3) is 11.7 Å². The van der Waals surface area contributed by atoms with Crippen LogP contribution in [0.4, 0.5) is 0 Å². The van der Waals surface area contributed by atoms with Gasteiger partial charge in [0.15, 0.2) is 0 Å². The van der Waals surface area contributed by atoms with Crippen molar-refractivity contribution in [2.45, 2.75) is 12.5 Å². The lowest BCUT2D eigenvalue weighted by molar-refractivity contribution is -0.140. The van der Waals surface area contributed by atoms with E-state index < -0.39 is 17.7 Å². The summed E-state index contributed by atoms with van der Waals surface area (Å²) in [4.78, 5) is 30.0. The fourth-order valence-electron chi connectivity index (χ4n) is 4.30. The number of amides is 1. The van der Waals surface area contributed by atoms with E-state index in [2.05, 4.69) is 4.90 Å². The van der Waals surface area contributed by atoms with Crippen LogP contribution in [0.25, 0.3) is 5.76 Å². The lowest BCUT2D eigenvalue weighted by atomic mass is 9.95. The second kappa shape index (κ2) is 10.4. The molecule has 2 aromatic rings. The zero-order valence-electron chi connectivity index (χ0n) is 18.5. The highest BCUT2D eigenvalue weighted by Crippen LogP contribution is 2.40. The molecule has 2 aromatic carbocycles. The van der Waals surface area contributed by atoms with Crippen molar-refractivity contribution in [3.63, 3.8) is 0 Å². The number of halogens is 1. The average molecular weight is 471 g/mol. The maximum atomic E-state index is 13.1. The van der Waals surface area contributed by atoms with Gasteiger partial charge in [-0.25, -0.2) is 0 Å². The van der Waals surface area contributed by atoms with E-state index in [0.717, 1.165) is 25.2 Å². The van der Waals surface area contributed by atoms with Crippen LogP contribution < -0.4 is 4.74 Å². The minimum atomic E-state index is -0.686. The summed E-state index contributed by atoms with van der Waals surface area (Å²) in [6.45, 7) is 4.33. The van der Waals surface area contributed by atoms with Gasteiger partial charge in [0.2, 0.25) is 0 Å². The quantitative estimate of drug-likeness (QED) is 0.379. The number of ether oxygens (including phenoxy) is 2. The molecule has 0 bridgehead atoms. The van der Waals surface area contributed by atoms with Crippen LogP contribution in [0, 0.1) is 0 Å². The fraction of sp³-hybridized carbons (Fsp3) is 0.360. The Kier molecular flexibility index (Phi) is 7.33. The van der Waals surface area contributed by atoms with Crippen LogP contribution in [0.1, 0.15) is 23.6 Å². The standard InChI is InChI=1S/C25H27ClN2O5/c1-32-20-9-5-17(6-10-20)22-21(23(29)18-3-7-19(26)8-4-18)24(30)25(31)28(22)12-2-11-27-13-15-33-16-14-27/h3-10,22,29H,2,11-16H2,1H3/b23-21+/t22-/m1/s1. The number of nitrogens with zero attached hydrogens (tertiary/aromatic N) is 2. The summed E-state index contributed by atoms with van der Waals surface area (Å²) in [5.41, 5.74) is 1.25. The molecule has 8 heteroatoms. The molecule has 0 spiro atoms. The van der Waals surface area contributed by atoms with Gasteiger partial charge in [-0.1, -0.05) is 23.7 Å². The Bertz CT molecular complexity index is 1030. The molecule has 2 aliphatic heterocycles. The molecule has 2 saturated heterocycles. The van der Waals surface area contributed by atoms with Crippen LogP contribution >= 0.6 is 11.6 Å². The number of aliphatic hydroxyl groups excluding tert-OH is 1. The van der Waals surface area contributed by atoms with E-state index in [1.54, 1.807) is 48.4 Å². The molecule has 1 atom stereocenters. The second-order valence-corrected chi connectivity index (χ2v) is 8.52. The van der Waals surface area contributed by atoms with E-state index in [-0.39, 0.29) is 11.3 Å². The molecule has 0 aliphatic carbocycles. The third-order valence-corrected chi connectivity index (χ3v) is 6.32. The number of ketones is 1. The molecular weight excluding hydrogens is 444 g/mol. The zero-order valence-corrected chi connectivity index (χ0v) is 19.3. The van der Waals surface area contributed by atoms with Crippen molar-refractivity contribution in [3.8, 4) is 5.75 Å². The highest BCUT2D eigenvalue weighted by Gasteiger charge is 2.45. The normalized spacial score (nSPS) is 20.9. The molecule has 0 saturated carbocycles. The first kappa shape index (κ1) is 23.3. The lowest BCUT2D eigenvalue weighted by Crippen LogP contribution is -2.38. The van der Waals surface area contributed by atoms with Crippen molar-refractivity contribution in [1.29, 1.82) is 0 Å². The summed E-state index contributed by atoms with van der Waals surface area (Å²) in [5.74, 6) is -0.829. The van der Waals surface area contributed by atoms with Gasteiger partial charge in [0.1, 0.15) is 11.5 Å². The molecule has 7 nitrogen and oxygen atoms in total. The number of Topliss-reactive ketones (excluding diaryl/α,β-unsaturated/α-hetero) is 1. The monoisotopic (exact) mass is 470 g/mol. The minimum absolute atomic E-state index is 0.0823. The minimum Gasteiger partial charge on any atom is -0.507 e. The molecule has 2 fully saturated rings. The summed E-state index contributed by atoms with van der Waals surface area (Å²) in [7, 11) is 1.58. The number of benzene rings is 2. The van der Waals surface area contributed by atoms with Gasteiger partial charge in [-0.05, 0) is 48.4 Å². The van der Waals surface area contributed by atoms with Gasteiger partial charge in [-0.2, -0.15) is 0 Å². The summed E-state index contributed by atoms with van der Waals surface area (Å²) < 4.78 is 10.6. The Hall–Kier alpha value is -2.87. The van der Waals surface area contributed by atoms with Crippen molar-refractivity contribution in [3.05, 3.63) is 70.3 Å². The molecule has 174 valence electrons. The molecule has 33 heavy (non-hydrogen) atoms. The third-order valence-electron chi connectivity index (χ3n) is 6.07. The molecule has 2 aliphatic rings. The van der Waals surface area contributed by atoms with E-state index in [4.69, 9.17) is 21.1 Å². The fourth-order valence-corrected chi connectivity index (χ4v) is 4.42. The number of rotatable bonds is 7. The predicted molar refractivity (Wildman–Crippen MR) is 125 cm³/mol. The SMILES string of the molecule is COc1ccc([C@@H]2/C(=C(\O)c3ccc(Cl)cc3)C(=O)C(=O)N2CCCN2CCOCC2)cc1. The Morgan fingerprint density at radius 1 is 1.06 bits per heavy atom. The van der Waals surface area contributed by atoms with Crippen molar-refractivity contribution in [2.75, 3.05) is 46.5 Å². The largest absolute Gasteiger partial charge is 0.507 e. The number of methoxy groups -OCH3 is 1. The van der Waals surface area contributed by atoms with Crippen LogP contribution in [0.15, 0.2) is 54.1 Å². The highest BCUT2D eigenvalue weighted by atomic mass is 35.5. The van der Waals surface area contributed by atoms with Crippen LogP contribution in [0.3, 0.4) is 0 Å². The summed E-state index contributed by atoms with van der Waals surface area (Å²) in [6.07, 6.45) is 0.709. The molecule has 4 rings (SSSR count). The predicted octanol–water partition coefficient (Wildman–Crippen LogP) is 3.49. The Morgan fingerprint density at radius 3 is 2.36 bits per heavy atom. The topological polar surface area (TPSA) is 79.3 Å². The van der Waals surface area contributed by atoms with E-state index in [0.29, 0.717) is 42.5 Å². The summed E-state index contributed by atoms with van der Waals surface area (Å²) >= 11 is 5.97. The van der Waals surface area contributed by atoms with E-state index in [1.807, 2.05) is 12.1 Å². The van der Waals surface area contributed by atoms with Gasteiger partial charge >= 0.3 is 0 Å².